The van der Waals surface area contributed by atoms with Crippen LogP contribution in [0.5, 0.6) is 0 Å². The van der Waals surface area contributed by atoms with E-state index >= 15 is 0 Å². The molecule has 1 amide bonds. The molecule has 1 atom stereocenters. The number of hydrogen-bond donors (Lipinski definition) is 1. The zero-order chi connectivity index (χ0) is 14.3. The van der Waals surface area contributed by atoms with Crippen molar-refractivity contribution in [3.63, 3.8) is 0 Å². The number of halogens is 1. The van der Waals surface area contributed by atoms with Crippen molar-refractivity contribution in [2.75, 3.05) is 21.3 Å². The molecule has 19 heavy (non-hydrogen) atoms. The van der Waals surface area contributed by atoms with Gasteiger partial charge >= 0.3 is 7.62 Å². The highest BCUT2D eigenvalue weighted by Crippen LogP contribution is 2.08. The predicted molar refractivity (Wildman–Crippen MR) is 69.6 cm³/mol. The minimum Gasteiger partial charge on any atom is -0.427 e. The zero-order valence-electron chi connectivity index (χ0n) is 11.2. The minimum absolute atomic E-state index is 0.278. The number of benzene rings is 1. The van der Waals surface area contributed by atoms with Gasteiger partial charge in [0, 0.05) is 14.2 Å². The molecule has 1 aromatic carbocycles. The van der Waals surface area contributed by atoms with Gasteiger partial charge in [0.15, 0.2) is 0 Å². The van der Waals surface area contributed by atoms with Gasteiger partial charge in [0.2, 0.25) is 0 Å². The van der Waals surface area contributed by atoms with E-state index in [1.54, 1.807) is 12.1 Å². The Labute approximate surface area is 112 Å². The summed E-state index contributed by atoms with van der Waals surface area (Å²) in [5.41, 5.74) is 0.708. The van der Waals surface area contributed by atoms with Crippen molar-refractivity contribution in [2.45, 2.75) is 12.5 Å². The van der Waals surface area contributed by atoms with Gasteiger partial charge in [-0.25, -0.2) is 9.45 Å². The van der Waals surface area contributed by atoms with Gasteiger partial charge in [0.05, 0.1) is 13.2 Å². The first-order valence-corrected chi connectivity index (χ1v) is 5.75. The van der Waals surface area contributed by atoms with Crippen LogP contribution in [0.1, 0.15) is 5.56 Å². The van der Waals surface area contributed by atoms with Crippen molar-refractivity contribution in [1.82, 2.24) is 10.3 Å². The van der Waals surface area contributed by atoms with E-state index in [1.165, 1.54) is 41.0 Å². The molecule has 0 aliphatic heterocycles. The number of nitrogens with one attached hydrogen (secondary N) is 1. The lowest BCUT2D eigenvalue weighted by Crippen LogP contribution is -2.47. The Balaban J connectivity index is 2.76. The Morgan fingerprint density at radius 2 is 2.26 bits per heavy atom. The molecule has 0 aliphatic carbocycles. The molecule has 0 aromatic heterocycles. The normalized spacial score (nSPS) is 12.0. The molecule has 7 heteroatoms. The van der Waals surface area contributed by atoms with Crippen LogP contribution < -0.4 is 5.23 Å². The fraction of sp³-hybridized carbons (Fsp3) is 0.417. The van der Waals surface area contributed by atoms with Gasteiger partial charge in [-0.1, -0.05) is 12.1 Å². The number of amides is 1. The summed E-state index contributed by atoms with van der Waals surface area (Å²) in [6.07, 6.45) is 0.324. The third-order valence-corrected chi connectivity index (χ3v) is 2.60. The maximum absolute atomic E-state index is 13.1. The first-order valence-electron chi connectivity index (χ1n) is 5.75. The summed E-state index contributed by atoms with van der Waals surface area (Å²) in [4.78, 5) is 16.9. The molecule has 1 rings (SSSR count). The van der Waals surface area contributed by atoms with Gasteiger partial charge in [0.1, 0.15) is 5.82 Å². The van der Waals surface area contributed by atoms with E-state index in [4.69, 9.17) is 9.49 Å². The molecule has 0 fully saturated rings. The zero-order valence-corrected chi connectivity index (χ0v) is 11.2. The monoisotopic (exact) mass is 267 g/mol. The highest BCUT2D eigenvalue weighted by atomic mass is 19.1. The smallest absolute Gasteiger partial charge is 0.396 e. The molecule has 1 radical (unpaired) electrons. The van der Waals surface area contributed by atoms with Crippen molar-refractivity contribution in [3.05, 3.63) is 35.6 Å². The highest BCUT2D eigenvalue weighted by Gasteiger charge is 2.22. The van der Waals surface area contributed by atoms with Crippen LogP contribution in [-0.4, -0.2) is 45.9 Å². The third kappa shape index (κ3) is 4.98. The number of hydrogen-bond acceptors (Lipinski definition) is 4. The first-order chi connectivity index (χ1) is 9.08. The molecular formula is C12H17BFN2O3. The number of rotatable bonds is 7. The standard InChI is InChI=1S/C12H17BFN2O3/c1-16(19-3)12(17)11(15-13-18-2)8-9-5-4-6-10(14)7-9/h4-7,11,15H,8H2,1-3H3. The number of carbonyl (C=O) groups excluding carboxylic acids is 1. The number of carbonyl (C=O) groups is 1. The lowest BCUT2D eigenvalue weighted by atomic mass is 10.0. The van der Waals surface area contributed by atoms with Crippen molar-refractivity contribution < 1.29 is 18.7 Å². The first kappa shape index (κ1) is 15.6. The van der Waals surface area contributed by atoms with Gasteiger partial charge in [-0.05, 0) is 24.1 Å². The number of likely N-dealkylation sites (N-methyl/N-ethyl adjacent to an activating group) is 1. The van der Waals surface area contributed by atoms with Gasteiger partial charge in [-0.3, -0.25) is 9.63 Å². The number of hydroxylamine groups is 2. The van der Waals surface area contributed by atoms with Crippen molar-refractivity contribution in [3.8, 4) is 0 Å². The summed E-state index contributed by atoms with van der Waals surface area (Å²) in [5.74, 6) is -0.612. The average molecular weight is 267 g/mol. The molecular weight excluding hydrogens is 250 g/mol. The molecule has 103 valence electrons. The van der Waals surface area contributed by atoms with Gasteiger partial charge in [-0.2, -0.15) is 0 Å². The Bertz CT molecular complexity index is 420. The third-order valence-electron chi connectivity index (χ3n) is 2.60. The van der Waals surface area contributed by atoms with Crippen LogP contribution >= 0.6 is 0 Å². The second-order valence-electron chi connectivity index (χ2n) is 3.93. The van der Waals surface area contributed by atoms with Gasteiger partial charge in [0.25, 0.3) is 5.91 Å². The fourth-order valence-electron chi connectivity index (χ4n) is 1.58. The van der Waals surface area contributed by atoms with Crippen molar-refractivity contribution in [2.24, 2.45) is 0 Å². The molecule has 5 nitrogen and oxygen atoms in total. The maximum Gasteiger partial charge on any atom is 0.396 e. The van der Waals surface area contributed by atoms with E-state index < -0.39 is 6.04 Å². The predicted octanol–water partition coefficient (Wildman–Crippen LogP) is 0.527. The lowest BCUT2D eigenvalue weighted by molar-refractivity contribution is -0.170. The minimum atomic E-state index is -0.591. The molecule has 1 unspecified atom stereocenters. The fourth-order valence-corrected chi connectivity index (χ4v) is 1.58. The molecule has 1 aromatic rings. The van der Waals surface area contributed by atoms with Crippen molar-refractivity contribution in [1.29, 1.82) is 0 Å². The van der Waals surface area contributed by atoms with Crippen LogP contribution in [-0.2, 0) is 20.7 Å². The molecule has 0 saturated carbocycles. The van der Waals surface area contributed by atoms with E-state index in [9.17, 15) is 9.18 Å². The Morgan fingerprint density at radius 1 is 1.53 bits per heavy atom. The SMILES string of the molecule is CO[B]NC(Cc1cccc(F)c1)C(=O)N(C)OC. The van der Waals surface area contributed by atoms with Crippen LogP contribution in [0, 0.1) is 5.82 Å². The molecule has 0 spiro atoms. The summed E-state index contributed by atoms with van der Waals surface area (Å²) in [6.45, 7) is 0. The average Bonchev–Trinajstić information content (AvgIpc) is 2.41. The van der Waals surface area contributed by atoms with Gasteiger partial charge in [-0.15, -0.1) is 0 Å². The van der Waals surface area contributed by atoms with Crippen molar-refractivity contribution >= 4 is 13.5 Å². The largest absolute Gasteiger partial charge is 0.427 e. The summed E-state index contributed by atoms with van der Waals surface area (Å²) in [5, 5.41) is 3.92. The molecule has 0 aliphatic rings. The quantitative estimate of drug-likeness (QED) is 0.578. The molecule has 0 heterocycles. The lowest BCUT2D eigenvalue weighted by Gasteiger charge is -2.22. The van der Waals surface area contributed by atoms with Crippen LogP contribution in [0.2, 0.25) is 0 Å². The summed E-state index contributed by atoms with van der Waals surface area (Å²) >= 11 is 0. The summed E-state index contributed by atoms with van der Waals surface area (Å²) in [7, 11) is 5.69. The van der Waals surface area contributed by atoms with E-state index in [0.717, 1.165) is 5.06 Å². The second kappa shape index (κ2) is 7.88. The second-order valence-corrected chi connectivity index (χ2v) is 3.93. The van der Waals surface area contributed by atoms with Crippen LogP contribution in [0.3, 0.4) is 0 Å². The Morgan fingerprint density at radius 3 is 2.84 bits per heavy atom. The van der Waals surface area contributed by atoms with E-state index in [1.807, 2.05) is 0 Å². The summed E-state index contributed by atoms with van der Waals surface area (Å²) in [6, 6.07) is 5.51. The highest BCUT2D eigenvalue weighted by molar-refractivity contribution is 6.24. The van der Waals surface area contributed by atoms with Gasteiger partial charge < -0.3 is 9.88 Å². The molecule has 0 bridgehead atoms. The van der Waals surface area contributed by atoms with Crippen LogP contribution in [0.25, 0.3) is 0 Å². The summed E-state index contributed by atoms with van der Waals surface area (Å²) < 4.78 is 17.9. The van der Waals surface area contributed by atoms with Crippen LogP contribution in [0.4, 0.5) is 4.39 Å². The van der Waals surface area contributed by atoms with E-state index in [0.29, 0.717) is 12.0 Å². The maximum atomic E-state index is 13.1. The Hall–Kier alpha value is -1.44. The van der Waals surface area contributed by atoms with Crippen LogP contribution in [0.15, 0.2) is 24.3 Å². The number of nitrogens with zero attached hydrogens (tertiary/aromatic N) is 1. The van der Waals surface area contributed by atoms with E-state index in [-0.39, 0.29) is 11.7 Å². The molecule has 1 N–H and O–H groups in total. The Kier molecular flexibility index (Phi) is 6.48. The molecule has 0 saturated heterocycles. The van der Waals surface area contributed by atoms with E-state index in [2.05, 4.69) is 5.23 Å². The topological polar surface area (TPSA) is 50.8 Å².